The minimum Gasteiger partial charge on any atom is -0.330 e. The lowest BCUT2D eigenvalue weighted by Crippen LogP contribution is -1.98. The maximum Gasteiger partial charge on any atom is 0.0406 e. The summed E-state index contributed by atoms with van der Waals surface area (Å²) in [5, 5.41) is 0.803. The topological polar surface area (TPSA) is 26.0 Å². The van der Waals surface area contributed by atoms with Crippen LogP contribution in [0.1, 0.15) is 18.4 Å². The van der Waals surface area contributed by atoms with E-state index < -0.39 is 0 Å². The Labute approximate surface area is 78.5 Å². The van der Waals surface area contributed by atoms with Gasteiger partial charge in [0, 0.05) is 5.02 Å². The van der Waals surface area contributed by atoms with Gasteiger partial charge in [0.1, 0.15) is 0 Å². The summed E-state index contributed by atoms with van der Waals surface area (Å²) < 4.78 is 0. The molecule has 1 aromatic rings. The van der Waals surface area contributed by atoms with Crippen LogP contribution < -0.4 is 5.73 Å². The number of halogens is 1. The molecular weight excluding hydrogens is 170 g/mol. The van der Waals surface area contributed by atoms with Crippen LogP contribution in [0.15, 0.2) is 24.3 Å². The lowest BCUT2D eigenvalue weighted by molar-refractivity contribution is 0.745. The fraction of sp³-hybridized carbons (Fsp3) is 0.400. The van der Waals surface area contributed by atoms with E-state index in [0.29, 0.717) is 0 Å². The molecule has 0 atom stereocenters. The summed E-state index contributed by atoms with van der Waals surface area (Å²) in [5.74, 6) is 0. The summed E-state index contributed by atoms with van der Waals surface area (Å²) >= 11 is 5.75. The molecule has 0 aliphatic carbocycles. The number of nitrogens with two attached hydrogens (primary N) is 1. The summed E-state index contributed by atoms with van der Waals surface area (Å²) in [4.78, 5) is 0. The molecule has 12 heavy (non-hydrogen) atoms. The van der Waals surface area contributed by atoms with Crippen LogP contribution in [0.25, 0.3) is 0 Å². The van der Waals surface area contributed by atoms with Gasteiger partial charge >= 0.3 is 0 Å². The largest absolute Gasteiger partial charge is 0.330 e. The van der Waals surface area contributed by atoms with E-state index in [1.54, 1.807) is 0 Å². The van der Waals surface area contributed by atoms with Crippen molar-refractivity contribution in [1.29, 1.82) is 0 Å². The Morgan fingerprint density at radius 1 is 1.08 bits per heavy atom. The summed E-state index contributed by atoms with van der Waals surface area (Å²) in [6.45, 7) is 0.785. The fourth-order valence-electron chi connectivity index (χ4n) is 1.12. The highest BCUT2D eigenvalue weighted by Crippen LogP contribution is 2.11. The standard InChI is InChI=1S/C10H14ClN/c11-10-6-4-9(5-7-10)3-1-2-8-12/h4-7H,1-3,8,12H2. The van der Waals surface area contributed by atoms with E-state index in [9.17, 15) is 0 Å². The van der Waals surface area contributed by atoms with Crippen molar-refractivity contribution < 1.29 is 0 Å². The first-order valence-electron chi connectivity index (χ1n) is 4.27. The van der Waals surface area contributed by atoms with Crippen LogP contribution in [0.5, 0.6) is 0 Å². The number of hydrogen-bond donors (Lipinski definition) is 1. The van der Waals surface area contributed by atoms with E-state index in [4.69, 9.17) is 17.3 Å². The minimum atomic E-state index is 0.785. The van der Waals surface area contributed by atoms with E-state index >= 15 is 0 Å². The van der Waals surface area contributed by atoms with Gasteiger partial charge in [0.25, 0.3) is 0 Å². The number of unbranched alkanes of at least 4 members (excludes halogenated alkanes) is 1. The predicted molar refractivity (Wildman–Crippen MR) is 53.4 cm³/mol. The minimum absolute atomic E-state index is 0.785. The Morgan fingerprint density at radius 2 is 1.75 bits per heavy atom. The Morgan fingerprint density at radius 3 is 2.33 bits per heavy atom. The molecule has 0 aliphatic heterocycles. The monoisotopic (exact) mass is 183 g/mol. The Bertz CT molecular complexity index is 218. The lowest BCUT2D eigenvalue weighted by atomic mass is 10.1. The first kappa shape index (κ1) is 9.56. The quantitative estimate of drug-likeness (QED) is 0.714. The summed E-state index contributed by atoms with van der Waals surface area (Å²) in [5.41, 5.74) is 6.74. The summed E-state index contributed by atoms with van der Waals surface area (Å²) in [6, 6.07) is 8.00. The van der Waals surface area contributed by atoms with Crippen LogP contribution in [0, 0.1) is 0 Å². The van der Waals surface area contributed by atoms with Crippen molar-refractivity contribution in [2.45, 2.75) is 19.3 Å². The van der Waals surface area contributed by atoms with Gasteiger partial charge in [0.05, 0.1) is 0 Å². The first-order chi connectivity index (χ1) is 5.83. The van der Waals surface area contributed by atoms with Crippen molar-refractivity contribution in [3.8, 4) is 0 Å². The van der Waals surface area contributed by atoms with Crippen molar-refractivity contribution in [1.82, 2.24) is 0 Å². The molecule has 0 saturated carbocycles. The highest BCUT2D eigenvalue weighted by molar-refractivity contribution is 6.30. The highest BCUT2D eigenvalue weighted by Gasteiger charge is 1.92. The molecule has 0 spiro atoms. The molecule has 0 aliphatic rings. The van der Waals surface area contributed by atoms with E-state index in [1.807, 2.05) is 12.1 Å². The van der Waals surface area contributed by atoms with Crippen molar-refractivity contribution in [3.05, 3.63) is 34.9 Å². The zero-order valence-electron chi connectivity index (χ0n) is 7.09. The Hall–Kier alpha value is -0.530. The van der Waals surface area contributed by atoms with Gasteiger partial charge < -0.3 is 5.73 Å². The SMILES string of the molecule is NCCCCc1ccc(Cl)cc1. The third-order valence-electron chi connectivity index (χ3n) is 1.83. The van der Waals surface area contributed by atoms with Crippen LogP contribution in [0.4, 0.5) is 0 Å². The van der Waals surface area contributed by atoms with Gasteiger partial charge in [-0.15, -0.1) is 0 Å². The number of hydrogen-bond acceptors (Lipinski definition) is 1. The van der Waals surface area contributed by atoms with E-state index in [2.05, 4.69) is 12.1 Å². The van der Waals surface area contributed by atoms with Gasteiger partial charge in [-0.1, -0.05) is 23.7 Å². The second kappa shape index (κ2) is 5.18. The van der Waals surface area contributed by atoms with Crippen LogP contribution in [0.3, 0.4) is 0 Å². The molecule has 0 bridgehead atoms. The fourth-order valence-corrected chi connectivity index (χ4v) is 1.25. The molecule has 66 valence electrons. The molecule has 0 heterocycles. The third kappa shape index (κ3) is 3.24. The molecule has 1 aromatic carbocycles. The van der Waals surface area contributed by atoms with E-state index in [1.165, 1.54) is 5.56 Å². The van der Waals surface area contributed by atoms with Crippen molar-refractivity contribution >= 4 is 11.6 Å². The van der Waals surface area contributed by atoms with Crippen molar-refractivity contribution in [2.75, 3.05) is 6.54 Å². The second-order valence-corrected chi connectivity index (χ2v) is 3.31. The molecule has 0 fully saturated rings. The molecule has 2 heteroatoms. The molecule has 1 rings (SSSR count). The van der Waals surface area contributed by atoms with Gasteiger partial charge in [-0.3, -0.25) is 0 Å². The lowest BCUT2D eigenvalue weighted by Gasteiger charge is -1.99. The summed E-state index contributed by atoms with van der Waals surface area (Å²) in [7, 11) is 0. The zero-order valence-corrected chi connectivity index (χ0v) is 7.85. The number of benzene rings is 1. The zero-order chi connectivity index (χ0) is 8.81. The Balaban J connectivity index is 2.37. The molecule has 0 aromatic heterocycles. The highest BCUT2D eigenvalue weighted by atomic mass is 35.5. The molecule has 0 saturated heterocycles. The summed E-state index contributed by atoms with van der Waals surface area (Å²) in [6.07, 6.45) is 3.37. The predicted octanol–water partition coefficient (Wildman–Crippen LogP) is 2.62. The average molecular weight is 184 g/mol. The van der Waals surface area contributed by atoms with Crippen LogP contribution in [0.2, 0.25) is 5.02 Å². The number of rotatable bonds is 4. The maximum absolute atomic E-state index is 5.75. The molecule has 0 radical (unpaired) electrons. The molecular formula is C10H14ClN. The van der Waals surface area contributed by atoms with Gasteiger partial charge in [-0.2, -0.15) is 0 Å². The normalized spacial score (nSPS) is 10.2. The van der Waals surface area contributed by atoms with E-state index in [0.717, 1.165) is 30.8 Å². The van der Waals surface area contributed by atoms with Crippen LogP contribution >= 0.6 is 11.6 Å². The smallest absolute Gasteiger partial charge is 0.0406 e. The Kier molecular flexibility index (Phi) is 4.12. The molecule has 0 unspecified atom stereocenters. The van der Waals surface area contributed by atoms with Crippen molar-refractivity contribution in [3.63, 3.8) is 0 Å². The van der Waals surface area contributed by atoms with Gasteiger partial charge in [-0.25, -0.2) is 0 Å². The van der Waals surface area contributed by atoms with Gasteiger partial charge in [0.15, 0.2) is 0 Å². The number of aryl methyl sites for hydroxylation is 1. The molecule has 1 nitrogen and oxygen atoms in total. The van der Waals surface area contributed by atoms with Crippen LogP contribution in [-0.2, 0) is 6.42 Å². The maximum atomic E-state index is 5.75. The molecule has 0 amide bonds. The second-order valence-electron chi connectivity index (χ2n) is 2.87. The van der Waals surface area contributed by atoms with Crippen LogP contribution in [-0.4, -0.2) is 6.54 Å². The van der Waals surface area contributed by atoms with Gasteiger partial charge in [-0.05, 0) is 43.5 Å². The van der Waals surface area contributed by atoms with Crippen molar-refractivity contribution in [2.24, 2.45) is 5.73 Å². The van der Waals surface area contributed by atoms with E-state index in [-0.39, 0.29) is 0 Å². The third-order valence-corrected chi connectivity index (χ3v) is 2.08. The average Bonchev–Trinajstić information content (AvgIpc) is 2.09. The molecule has 2 N–H and O–H groups in total. The first-order valence-corrected chi connectivity index (χ1v) is 4.65. The van der Waals surface area contributed by atoms with Gasteiger partial charge in [0.2, 0.25) is 0 Å².